The Morgan fingerprint density at radius 2 is 1.65 bits per heavy atom. The zero-order valence-corrected chi connectivity index (χ0v) is 14.0. The maximum absolute atomic E-state index is 12.8. The second-order valence-corrected chi connectivity index (χ2v) is 7.27. The van der Waals surface area contributed by atoms with Gasteiger partial charge in [-0.25, -0.2) is 8.42 Å². The summed E-state index contributed by atoms with van der Waals surface area (Å²) in [6.45, 7) is 2.96. The highest BCUT2D eigenvalue weighted by Crippen LogP contribution is 2.33. The molecule has 1 aliphatic rings. The molecule has 0 atom stereocenters. The number of ether oxygens (including phenoxy) is 2. The van der Waals surface area contributed by atoms with Crippen molar-refractivity contribution >= 4 is 15.7 Å². The second-order valence-electron chi connectivity index (χ2n) is 5.30. The van der Waals surface area contributed by atoms with Gasteiger partial charge in [0.25, 0.3) is 10.0 Å². The summed E-state index contributed by atoms with van der Waals surface area (Å²) >= 11 is 0. The molecule has 0 spiro atoms. The van der Waals surface area contributed by atoms with Crippen molar-refractivity contribution in [1.82, 2.24) is 0 Å². The quantitative estimate of drug-likeness (QED) is 0.863. The molecule has 0 bridgehead atoms. The van der Waals surface area contributed by atoms with Crippen molar-refractivity contribution < 1.29 is 17.9 Å². The molecule has 3 rings (SSSR count). The summed E-state index contributed by atoms with van der Waals surface area (Å²) in [7, 11) is -2.10. The van der Waals surface area contributed by atoms with Crippen LogP contribution in [-0.2, 0) is 16.4 Å². The number of fused-ring (bicyclic) bond motifs is 1. The van der Waals surface area contributed by atoms with Gasteiger partial charge in [0, 0.05) is 13.1 Å². The lowest BCUT2D eigenvalue weighted by Gasteiger charge is -2.22. The molecular formula is C17H19NO4S. The summed E-state index contributed by atoms with van der Waals surface area (Å²) in [6, 6.07) is 12.2. The molecule has 122 valence electrons. The Labute approximate surface area is 136 Å². The average Bonchev–Trinajstić information content (AvgIpc) is 2.60. The van der Waals surface area contributed by atoms with Crippen molar-refractivity contribution in [2.45, 2.75) is 18.2 Å². The highest BCUT2D eigenvalue weighted by molar-refractivity contribution is 7.92. The standard InChI is InChI=1S/C17H19NO4S/c1-3-13-4-6-14(7-5-13)18(2)23(19,20)15-8-9-16-17(12-15)22-11-10-21-16/h4-9,12H,3,10-11H2,1-2H3. The molecule has 0 N–H and O–H groups in total. The fourth-order valence-corrected chi connectivity index (χ4v) is 3.63. The fraction of sp³-hybridized carbons (Fsp3) is 0.294. The van der Waals surface area contributed by atoms with Crippen LogP contribution in [0.1, 0.15) is 12.5 Å². The third-order valence-electron chi connectivity index (χ3n) is 3.88. The highest BCUT2D eigenvalue weighted by atomic mass is 32.2. The van der Waals surface area contributed by atoms with Crippen molar-refractivity contribution in [2.75, 3.05) is 24.6 Å². The lowest BCUT2D eigenvalue weighted by Crippen LogP contribution is -2.26. The van der Waals surface area contributed by atoms with Crippen LogP contribution in [0, 0.1) is 0 Å². The summed E-state index contributed by atoms with van der Waals surface area (Å²) in [5.41, 5.74) is 1.79. The normalized spacial score (nSPS) is 13.7. The second kappa shape index (κ2) is 6.12. The first kappa shape index (κ1) is 15.7. The van der Waals surface area contributed by atoms with Gasteiger partial charge in [-0.05, 0) is 36.2 Å². The predicted octanol–water partition coefficient (Wildman–Crippen LogP) is 2.85. The van der Waals surface area contributed by atoms with Crippen LogP contribution in [0.25, 0.3) is 0 Å². The molecule has 0 saturated carbocycles. The molecular weight excluding hydrogens is 314 g/mol. The Hall–Kier alpha value is -2.21. The first-order chi connectivity index (χ1) is 11.0. The topological polar surface area (TPSA) is 55.8 Å². The number of benzene rings is 2. The third kappa shape index (κ3) is 2.99. The first-order valence-corrected chi connectivity index (χ1v) is 8.94. The van der Waals surface area contributed by atoms with Gasteiger partial charge >= 0.3 is 0 Å². The first-order valence-electron chi connectivity index (χ1n) is 7.50. The third-order valence-corrected chi connectivity index (χ3v) is 5.66. The zero-order valence-electron chi connectivity index (χ0n) is 13.2. The van der Waals surface area contributed by atoms with Gasteiger partial charge in [0.15, 0.2) is 11.5 Å². The van der Waals surface area contributed by atoms with Crippen molar-refractivity contribution in [3.8, 4) is 11.5 Å². The number of hydrogen-bond acceptors (Lipinski definition) is 4. The summed E-state index contributed by atoms with van der Waals surface area (Å²) in [5, 5.41) is 0. The molecule has 1 aliphatic heterocycles. The summed E-state index contributed by atoms with van der Waals surface area (Å²) in [6.07, 6.45) is 0.916. The Morgan fingerprint density at radius 3 is 2.30 bits per heavy atom. The van der Waals surface area contributed by atoms with Crippen molar-refractivity contribution in [1.29, 1.82) is 0 Å². The van der Waals surface area contributed by atoms with Crippen LogP contribution in [0.5, 0.6) is 11.5 Å². The van der Waals surface area contributed by atoms with Gasteiger partial charge in [-0.2, -0.15) is 0 Å². The molecule has 0 radical (unpaired) electrons. The largest absolute Gasteiger partial charge is 0.486 e. The predicted molar refractivity (Wildman–Crippen MR) is 88.8 cm³/mol. The van der Waals surface area contributed by atoms with Crippen molar-refractivity contribution in [2.24, 2.45) is 0 Å². The lowest BCUT2D eigenvalue weighted by molar-refractivity contribution is 0.171. The van der Waals surface area contributed by atoms with Gasteiger partial charge in [-0.1, -0.05) is 19.1 Å². The monoisotopic (exact) mass is 333 g/mol. The molecule has 0 amide bonds. The molecule has 5 nitrogen and oxygen atoms in total. The number of sulfonamides is 1. The van der Waals surface area contributed by atoms with E-state index in [1.165, 1.54) is 15.9 Å². The minimum atomic E-state index is -3.65. The molecule has 1 heterocycles. The summed E-state index contributed by atoms with van der Waals surface area (Å²) in [4.78, 5) is 0.184. The van der Waals surface area contributed by atoms with E-state index in [0.717, 1.165) is 6.42 Å². The minimum absolute atomic E-state index is 0.184. The number of hydrogen-bond donors (Lipinski definition) is 0. The molecule has 2 aromatic carbocycles. The molecule has 0 aromatic heterocycles. The van der Waals surface area contributed by atoms with Crippen LogP contribution in [0.15, 0.2) is 47.4 Å². The zero-order chi connectivity index (χ0) is 16.4. The van der Waals surface area contributed by atoms with E-state index in [-0.39, 0.29) is 4.90 Å². The van der Waals surface area contributed by atoms with Gasteiger partial charge in [-0.3, -0.25) is 4.31 Å². The van der Waals surface area contributed by atoms with Crippen molar-refractivity contribution in [3.05, 3.63) is 48.0 Å². The van der Waals surface area contributed by atoms with Crippen LogP contribution >= 0.6 is 0 Å². The average molecular weight is 333 g/mol. The van der Waals surface area contributed by atoms with E-state index >= 15 is 0 Å². The van der Waals surface area contributed by atoms with Gasteiger partial charge in [0.05, 0.1) is 10.6 Å². The number of rotatable bonds is 4. The number of aryl methyl sites for hydroxylation is 1. The smallest absolute Gasteiger partial charge is 0.264 e. The molecule has 2 aromatic rings. The van der Waals surface area contributed by atoms with Gasteiger partial charge in [0.1, 0.15) is 13.2 Å². The van der Waals surface area contributed by atoms with Crippen LogP contribution < -0.4 is 13.8 Å². The molecule has 6 heteroatoms. The van der Waals surface area contributed by atoms with E-state index < -0.39 is 10.0 Å². The fourth-order valence-electron chi connectivity index (χ4n) is 2.42. The van der Waals surface area contributed by atoms with Crippen LogP contribution in [0.4, 0.5) is 5.69 Å². The molecule has 23 heavy (non-hydrogen) atoms. The van der Waals surface area contributed by atoms with Crippen LogP contribution in [0.2, 0.25) is 0 Å². The molecule has 0 saturated heterocycles. The Kier molecular flexibility index (Phi) is 4.17. The number of anilines is 1. The van der Waals surface area contributed by atoms with E-state index in [1.807, 2.05) is 24.3 Å². The Bertz CT molecular complexity index is 800. The van der Waals surface area contributed by atoms with Gasteiger partial charge in [-0.15, -0.1) is 0 Å². The number of nitrogens with zero attached hydrogens (tertiary/aromatic N) is 1. The van der Waals surface area contributed by atoms with E-state index in [0.29, 0.717) is 30.4 Å². The SMILES string of the molecule is CCc1ccc(N(C)S(=O)(=O)c2ccc3c(c2)OCCO3)cc1. The van der Waals surface area contributed by atoms with E-state index in [4.69, 9.17) is 9.47 Å². The Morgan fingerprint density at radius 1 is 1.00 bits per heavy atom. The maximum Gasteiger partial charge on any atom is 0.264 e. The Balaban J connectivity index is 1.93. The van der Waals surface area contributed by atoms with E-state index in [2.05, 4.69) is 6.92 Å². The van der Waals surface area contributed by atoms with Crippen LogP contribution in [0.3, 0.4) is 0 Å². The highest BCUT2D eigenvalue weighted by Gasteiger charge is 2.24. The molecule has 0 aliphatic carbocycles. The summed E-state index contributed by atoms with van der Waals surface area (Å²) in [5.74, 6) is 1.04. The summed E-state index contributed by atoms with van der Waals surface area (Å²) < 4.78 is 37.8. The minimum Gasteiger partial charge on any atom is -0.486 e. The van der Waals surface area contributed by atoms with E-state index in [9.17, 15) is 8.42 Å². The van der Waals surface area contributed by atoms with Gasteiger partial charge in [0.2, 0.25) is 0 Å². The molecule has 0 fully saturated rings. The van der Waals surface area contributed by atoms with Crippen molar-refractivity contribution in [3.63, 3.8) is 0 Å². The van der Waals surface area contributed by atoms with Crippen LogP contribution in [-0.4, -0.2) is 28.7 Å². The van der Waals surface area contributed by atoms with E-state index in [1.54, 1.807) is 19.2 Å². The lowest BCUT2D eigenvalue weighted by atomic mass is 10.1. The molecule has 0 unspecified atom stereocenters. The van der Waals surface area contributed by atoms with Gasteiger partial charge < -0.3 is 9.47 Å². The maximum atomic E-state index is 12.8.